The zero-order chi connectivity index (χ0) is 13.2. The van der Waals surface area contributed by atoms with Gasteiger partial charge in [0, 0.05) is 19.0 Å². The van der Waals surface area contributed by atoms with E-state index in [9.17, 15) is 4.79 Å². The van der Waals surface area contributed by atoms with E-state index in [1.165, 1.54) is 11.5 Å². The average molecular weight is 269 g/mol. The lowest BCUT2D eigenvalue weighted by Crippen LogP contribution is -2.42. The number of ether oxygens (including phenoxy) is 1. The van der Waals surface area contributed by atoms with Crippen LogP contribution >= 0.6 is 11.5 Å². The van der Waals surface area contributed by atoms with Gasteiger partial charge in [-0.15, -0.1) is 0 Å². The molecule has 0 saturated carbocycles. The van der Waals surface area contributed by atoms with Crippen molar-refractivity contribution in [2.75, 3.05) is 13.1 Å². The van der Waals surface area contributed by atoms with E-state index in [4.69, 9.17) is 4.74 Å². The Hall–Kier alpha value is -1.17. The number of hydrogen-bond donors (Lipinski definition) is 0. The van der Waals surface area contributed by atoms with Crippen molar-refractivity contribution in [3.63, 3.8) is 0 Å². The first-order valence-corrected chi connectivity index (χ1v) is 6.97. The van der Waals surface area contributed by atoms with Crippen molar-refractivity contribution in [2.24, 2.45) is 0 Å². The highest BCUT2D eigenvalue weighted by Gasteiger charge is 2.29. The first kappa shape index (κ1) is 13.3. The second-order valence-corrected chi connectivity index (χ2v) is 6.36. The fraction of sp³-hybridized carbons (Fsp3) is 0.750. The lowest BCUT2D eigenvalue weighted by molar-refractivity contribution is 0.0198. The van der Waals surface area contributed by atoms with Crippen molar-refractivity contribution in [1.82, 2.24) is 14.3 Å². The van der Waals surface area contributed by atoms with Crippen LogP contribution in [0.2, 0.25) is 0 Å². The van der Waals surface area contributed by atoms with Crippen molar-refractivity contribution in [1.29, 1.82) is 0 Å². The van der Waals surface area contributed by atoms with E-state index >= 15 is 0 Å². The van der Waals surface area contributed by atoms with Crippen LogP contribution < -0.4 is 0 Å². The summed E-state index contributed by atoms with van der Waals surface area (Å²) < 4.78 is 9.42. The quantitative estimate of drug-likeness (QED) is 0.786. The lowest BCUT2D eigenvalue weighted by Gasteiger charge is -2.33. The molecule has 0 aromatic carbocycles. The highest BCUT2D eigenvalue weighted by Crippen LogP contribution is 2.28. The number of aromatic nitrogens is 2. The smallest absolute Gasteiger partial charge is 0.410 e. The van der Waals surface area contributed by atoms with Gasteiger partial charge < -0.3 is 9.64 Å². The van der Waals surface area contributed by atoms with E-state index < -0.39 is 5.60 Å². The Morgan fingerprint density at radius 2 is 2.33 bits per heavy atom. The Morgan fingerprint density at radius 3 is 2.94 bits per heavy atom. The van der Waals surface area contributed by atoms with Crippen molar-refractivity contribution in [3.8, 4) is 0 Å². The number of rotatable bonds is 1. The SMILES string of the molecule is CC(C)(C)OC(=O)N1CCCC(c2ncns2)C1. The van der Waals surface area contributed by atoms with Gasteiger partial charge in [-0.1, -0.05) is 0 Å². The highest BCUT2D eigenvalue weighted by molar-refractivity contribution is 7.05. The molecule has 1 atom stereocenters. The molecular weight excluding hydrogens is 250 g/mol. The molecule has 18 heavy (non-hydrogen) atoms. The van der Waals surface area contributed by atoms with Gasteiger partial charge >= 0.3 is 6.09 Å². The van der Waals surface area contributed by atoms with Crippen LogP contribution in [-0.4, -0.2) is 39.0 Å². The molecule has 1 unspecified atom stereocenters. The maximum Gasteiger partial charge on any atom is 0.410 e. The Bertz CT molecular complexity index is 400. The predicted molar refractivity (Wildman–Crippen MR) is 69.7 cm³/mol. The third-order valence-corrected chi connectivity index (χ3v) is 3.63. The van der Waals surface area contributed by atoms with E-state index in [2.05, 4.69) is 9.36 Å². The molecule has 0 radical (unpaired) electrons. The van der Waals surface area contributed by atoms with Crippen LogP contribution in [0.3, 0.4) is 0 Å². The van der Waals surface area contributed by atoms with Gasteiger partial charge in [0.1, 0.15) is 16.9 Å². The van der Waals surface area contributed by atoms with Crippen molar-refractivity contribution in [3.05, 3.63) is 11.3 Å². The Balaban J connectivity index is 1.96. The molecule has 0 spiro atoms. The van der Waals surface area contributed by atoms with Crippen LogP contribution in [0.1, 0.15) is 44.5 Å². The summed E-state index contributed by atoms with van der Waals surface area (Å²) in [6.45, 7) is 7.11. The molecule has 100 valence electrons. The molecule has 2 rings (SSSR count). The van der Waals surface area contributed by atoms with E-state index in [1.54, 1.807) is 11.2 Å². The number of piperidine rings is 1. The molecule has 1 aromatic rings. The zero-order valence-corrected chi connectivity index (χ0v) is 11.9. The second kappa shape index (κ2) is 5.22. The van der Waals surface area contributed by atoms with Crippen molar-refractivity contribution in [2.45, 2.75) is 45.1 Å². The summed E-state index contributed by atoms with van der Waals surface area (Å²) in [5.41, 5.74) is -0.438. The topological polar surface area (TPSA) is 55.3 Å². The first-order chi connectivity index (χ1) is 8.46. The number of likely N-dealkylation sites (tertiary alicyclic amines) is 1. The summed E-state index contributed by atoms with van der Waals surface area (Å²) in [4.78, 5) is 18.0. The maximum atomic E-state index is 12.0. The third kappa shape index (κ3) is 3.41. The third-order valence-electron chi connectivity index (χ3n) is 2.80. The molecule has 0 bridgehead atoms. The van der Waals surface area contributed by atoms with Crippen molar-refractivity contribution >= 4 is 17.6 Å². The fourth-order valence-electron chi connectivity index (χ4n) is 2.03. The molecular formula is C12H19N3O2S. The molecule has 1 aliphatic rings. The minimum absolute atomic E-state index is 0.225. The minimum Gasteiger partial charge on any atom is -0.444 e. The molecule has 1 fully saturated rings. The van der Waals surface area contributed by atoms with E-state index in [0.29, 0.717) is 12.5 Å². The van der Waals surface area contributed by atoms with Crippen LogP contribution in [0.5, 0.6) is 0 Å². The molecule has 2 heterocycles. The number of amides is 1. The number of carbonyl (C=O) groups excluding carboxylic acids is 1. The summed E-state index contributed by atoms with van der Waals surface area (Å²) in [5.74, 6) is 0.304. The molecule has 1 aliphatic heterocycles. The Labute approximate surface area is 111 Å². The molecule has 0 N–H and O–H groups in total. The average Bonchev–Trinajstić information content (AvgIpc) is 2.80. The number of carbonyl (C=O) groups is 1. The lowest BCUT2D eigenvalue weighted by atomic mass is 9.99. The fourth-order valence-corrected chi connectivity index (χ4v) is 2.67. The van der Waals surface area contributed by atoms with Gasteiger partial charge in [0.2, 0.25) is 0 Å². The monoisotopic (exact) mass is 269 g/mol. The number of hydrogen-bond acceptors (Lipinski definition) is 5. The number of nitrogens with zero attached hydrogens (tertiary/aromatic N) is 3. The summed E-state index contributed by atoms with van der Waals surface area (Å²) in [5, 5.41) is 1.02. The Morgan fingerprint density at radius 1 is 1.56 bits per heavy atom. The Kier molecular flexibility index (Phi) is 3.85. The van der Waals surface area contributed by atoms with Gasteiger partial charge in [-0.3, -0.25) is 0 Å². The predicted octanol–water partition coefficient (Wildman–Crippen LogP) is 2.65. The van der Waals surface area contributed by atoms with Crippen LogP contribution in [0.15, 0.2) is 6.33 Å². The van der Waals surface area contributed by atoms with Gasteiger partial charge in [-0.2, -0.15) is 4.37 Å². The van der Waals surface area contributed by atoms with Gasteiger partial charge in [0.15, 0.2) is 0 Å². The van der Waals surface area contributed by atoms with Crippen LogP contribution in [-0.2, 0) is 4.74 Å². The molecule has 1 aromatic heterocycles. The second-order valence-electron chi connectivity index (χ2n) is 5.55. The normalized spacial score (nSPS) is 20.8. The summed E-state index contributed by atoms with van der Waals surface area (Å²) in [6.07, 6.45) is 3.40. The summed E-state index contributed by atoms with van der Waals surface area (Å²) in [6, 6.07) is 0. The van der Waals surface area contributed by atoms with Crippen LogP contribution in [0, 0.1) is 0 Å². The molecule has 1 saturated heterocycles. The minimum atomic E-state index is -0.438. The van der Waals surface area contributed by atoms with Crippen molar-refractivity contribution < 1.29 is 9.53 Å². The van der Waals surface area contributed by atoms with Gasteiger partial charge in [0.05, 0.1) is 0 Å². The maximum absolute atomic E-state index is 12.0. The molecule has 5 nitrogen and oxygen atoms in total. The molecule has 6 heteroatoms. The summed E-state index contributed by atoms with van der Waals surface area (Å²) in [7, 11) is 0. The largest absolute Gasteiger partial charge is 0.444 e. The standard InChI is InChI=1S/C12H19N3O2S/c1-12(2,3)17-11(16)15-6-4-5-9(7-15)10-13-8-14-18-10/h8-9H,4-7H2,1-3H3. The summed E-state index contributed by atoms with van der Waals surface area (Å²) >= 11 is 1.42. The zero-order valence-electron chi connectivity index (χ0n) is 11.0. The molecule has 1 amide bonds. The highest BCUT2D eigenvalue weighted by atomic mass is 32.1. The van der Waals surface area contributed by atoms with Gasteiger partial charge in [0.25, 0.3) is 0 Å². The van der Waals surface area contributed by atoms with E-state index in [0.717, 1.165) is 24.4 Å². The van der Waals surface area contributed by atoms with Gasteiger partial charge in [-0.25, -0.2) is 9.78 Å². The van der Waals surface area contributed by atoms with E-state index in [1.807, 2.05) is 20.8 Å². The van der Waals surface area contributed by atoms with E-state index in [-0.39, 0.29) is 6.09 Å². The first-order valence-electron chi connectivity index (χ1n) is 6.20. The van der Waals surface area contributed by atoms with Crippen LogP contribution in [0.4, 0.5) is 4.79 Å². The van der Waals surface area contributed by atoms with Gasteiger partial charge in [-0.05, 0) is 45.1 Å². The van der Waals surface area contributed by atoms with Crippen LogP contribution in [0.25, 0.3) is 0 Å². The molecule has 0 aliphatic carbocycles.